The van der Waals surface area contributed by atoms with Crippen molar-refractivity contribution in [3.8, 4) is 0 Å². The second-order valence-electron chi connectivity index (χ2n) is 8.12. The molecule has 0 N–H and O–H groups in total. The molecule has 0 unspecified atom stereocenters. The molecule has 0 atom stereocenters. The Hall–Kier alpha value is -2.50. The molecule has 0 aliphatic rings. The lowest BCUT2D eigenvalue weighted by atomic mass is 10.1. The number of aryl methyl sites for hydroxylation is 1. The Bertz CT molecular complexity index is 799. The maximum atomic E-state index is 12.2. The van der Waals surface area contributed by atoms with E-state index >= 15 is 0 Å². The second kappa shape index (κ2) is 14.5. The van der Waals surface area contributed by atoms with Crippen LogP contribution in [0.25, 0.3) is 0 Å². The molecule has 1 aromatic heterocycles. The molecule has 2 aromatic rings. The number of aromatic nitrogens is 2. The Morgan fingerprint density at radius 1 is 0.903 bits per heavy atom. The zero-order valence-electron chi connectivity index (χ0n) is 19.5. The molecule has 0 saturated carbocycles. The summed E-state index contributed by atoms with van der Waals surface area (Å²) in [4.78, 5) is 12.2. The molecule has 0 amide bonds. The van der Waals surface area contributed by atoms with Gasteiger partial charge in [0.1, 0.15) is 12.2 Å². The van der Waals surface area contributed by atoms with E-state index in [4.69, 9.17) is 4.74 Å². The number of ether oxygens (including phenoxy) is 1. The third-order valence-electron chi connectivity index (χ3n) is 5.40. The highest BCUT2D eigenvalue weighted by molar-refractivity contribution is 5.69. The van der Waals surface area contributed by atoms with E-state index in [1.54, 1.807) is 4.68 Å². The average Bonchev–Trinajstić information content (AvgIpc) is 3.03. The van der Waals surface area contributed by atoms with Gasteiger partial charge in [-0.3, -0.25) is 9.48 Å². The summed E-state index contributed by atoms with van der Waals surface area (Å²) in [6, 6.07) is 9.56. The molecule has 0 radical (unpaired) electrons. The molecular weight excluding hydrogens is 388 g/mol. The Kier molecular flexibility index (Phi) is 11.6. The Balaban J connectivity index is 1.64. The summed E-state index contributed by atoms with van der Waals surface area (Å²) in [5.74, 6) is -0.256. The van der Waals surface area contributed by atoms with E-state index in [0.717, 1.165) is 29.9 Å². The lowest BCUT2D eigenvalue weighted by Gasteiger charge is -2.06. The topological polar surface area (TPSA) is 68.8 Å². The number of esters is 1. The summed E-state index contributed by atoms with van der Waals surface area (Å²) in [6.45, 7) is 6.61. The van der Waals surface area contributed by atoms with Crippen molar-refractivity contribution in [3.05, 3.63) is 41.7 Å². The van der Waals surface area contributed by atoms with E-state index < -0.39 is 0 Å². The maximum Gasteiger partial charge on any atom is 0.327 e. The maximum absolute atomic E-state index is 12.2. The van der Waals surface area contributed by atoms with E-state index in [0.29, 0.717) is 12.3 Å². The van der Waals surface area contributed by atoms with Crippen molar-refractivity contribution >= 4 is 17.3 Å². The first-order chi connectivity index (χ1) is 15.1. The summed E-state index contributed by atoms with van der Waals surface area (Å²) < 4.78 is 7.05. The van der Waals surface area contributed by atoms with Crippen LogP contribution in [0.3, 0.4) is 0 Å². The molecule has 0 fully saturated rings. The number of carbonyl (C=O) groups is 1. The van der Waals surface area contributed by atoms with Crippen LogP contribution in [-0.4, -0.2) is 22.4 Å². The highest BCUT2D eigenvalue weighted by atomic mass is 16.5. The number of nitrogens with zero attached hydrogens (tertiary/aromatic N) is 4. The van der Waals surface area contributed by atoms with E-state index in [2.05, 4.69) is 22.3 Å². The highest BCUT2D eigenvalue weighted by Crippen LogP contribution is 2.25. The van der Waals surface area contributed by atoms with Gasteiger partial charge in [0.05, 0.1) is 23.7 Å². The van der Waals surface area contributed by atoms with Crippen LogP contribution in [0, 0.1) is 13.8 Å². The van der Waals surface area contributed by atoms with Gasteiger partial charge in [-0.25, -0.2) is 0 Å². The first-order valence-corrected chi connectivity index (χ1v) is 11.8. The van der Waals surface area contributed by atoms with Crippen LogP contribution < -0.4 is 0 Å². The highest BCUT2D eigenvalue weighted by Gasteiger charge is 2.14. The van der Waals surface area contributed by atoms with Gasteiger partial charge < -0.3 is 4.74 Å². The zero-order valence-corrected chi connectivity index (χ0v) is 19.5. The summed E-state index contributed by atoms with van der Waals surface area (Å²) in [5, 5.41) is 13.0. The molecule has 0 aliphatic carbocycles. The molecule has 6 nitrogen and oxygen atoms in total. The average molecular weight is 427 g/mol. The van der Waals surface area contributed by atoms with Crippen LogP contribution in [0.4, 0.5) is 11.4 Å². The van der Waals surface area contributed by atoms with Gasteiger partial charge in [-0.2, -0.15) is 10.2 Å². The smallest absolute Gasteiger partial charge is 0.327 e. The van der Waals surface area contributed by atoms with E-state index in [1.807, 2.05) is 44.2 Å². The van der Waals surface area contributed by atoms with E-state index in [9.17, 15) is 4.79 Å². The molecule has 1 heterocycles. The molecule has 0 aliphatic heterocycles. The molecule has 170 valence electrons. The fourth-order valence-electron chi connectivity index (χ4n) is 3.53. The number of benzene rings is 1. The lowest BCUT2D eigenvalue weighted by molar-refractivity contribution is -0.144. The SMILES string of the molecule is CCCCCCCCCCCCOC(=O)Cn1nc(C)c(/N=N/c2ccccc2)c1C. The van der Waals surface area contributed by atoms with Crippen molar-refractivity contribution in [1.29, 1.82) is 0 Å². The summed E-state index contributed by atoms with van der Waals surface area (Å²) in [6.07, 6.45) is 12.6. The molecular formula is C25H38N4O2. The number of azo groups is 1. The number of rotatable bonds is 15. The van der Waals surface area contributed by atoms with Crippen LogP contribution in [0.2, 0.25) is 0 Å². The van der Waals surface area contributed by atoms with E-state index in [-0.39, 0.29) is 12.5 Å². The minimum Gasteiger partial charge on any atom is -0.464 e. The largest absolute Gasteiger partial charge is 0.464 e. The quantitative estimate of drug-likeness (QED) is 0.169. The lowest BCUT2D eigenvalue weighted by Crippen LogP contribution is -2.16. The first kappa shape index (κ1) is 24.8. The number of hydrogen-bond donors (Lipinski definition) is 0. The van der Waals surface area contributed by atoms with Gasteiger partial charge in [-0.1, -0.05) is 82.9 Å². The van der Waals surface area contributed by atoms with Crippen LogP contribution in [0.15, 0.2) is 40.6 Å². The van der Waals surface area contributed by atoms with Gasteiger partial charge in [0.25, 0.3) is 0 Å². The van der Waals surface area contributed by atoms with Gasteiger partial charge in [-0.05, 0) is 32.4 Å². The minimum absolute atomic E-state index is 0.102. The summed E-state index contributed by atoms with van der Waals surface area (Å²) in [7, 11) is 0. The van der Waals surface area contributed by atoms with Crippen LogP contribution >= 0.6 is 0 Å². The van der Waals surface area contributed by atoms with Crippen LogP contribution in [0.1, 0.15) is 82.5 Å². The number of unbranched alkanes of at least 4 members (excludes halogenated alkanes) is 9. The number of hydrogen-bond acceptors (Lipinski definition) is 5. The molecule has 6 heteroatoms. The van der Waals surface area contributed by atoms with Crippen molar-refractivity contribution in [2.24, 2.45) is 10.2 Å². The van der Waals surface area contributed by atoms with Gasteiger partial charge in [0, 0.05) is 0 Å². The summed E-state index contributed by atoms with van der Waals surface area (Å²) in [5.41, 5.74) is 3.05. The zero-order chi connectivity index (χ0) is 22.3. The molecule has 0 saturated heterocycles. The minimum atomic E-state index is -0.256. The standard InChI is InChI=1S/C25H38N4O2/c1-4-5-6-7-8-9-10-11-12-16-19-31-24(30)20-29-22(3)25(21(2)28-29)27-26-23-17-14-13-15-18-23/h13-15,17-18H,4-12,16,19-20H2,1-3H3/b27-26+. The Labute approximate surface area is 187 Å². The normalized spacial score (nSPS) is 11.3. The van der Waals surface area contributed by atoms with Crippen molar-refractivity contribution in [3.63, 3.8) is 0 Å². The van der Waals surface area contributed by atoms with Gasteiger partial charge in [0.2, 0.25) is 0 Å². The predicted octanol–water partition coefficient (Wildman–Crippen LogP) is 7.38. The molecule has 0 spiro atoms. The fraction of sp³-hybridized carbons (Fsp3) is 0.600. The van der Waals surface area contributed by atoms with Crippen LogP contribution in [-0.2, 0) is 16.1 Å². The van der Waals surface area contributed by atoms with E-state index in [1.165, 1.54) is 51.4 Å². The van der Waals surface area contributed by atoms with Crippen molar-refractivity contribution in [1.82, 2.24) is 9.78 Å². The predicted molar refractivity (Wildman–Crippen MR) is 125 cm³/mol. The van der Waals surface area contributed by atoms with Crippen molar-refractivity contribution in [2.45, 2.75) is 91.5 Å². The molecule has 2 rings (SSSR count). The fourth-order valence-corrected chi connectivity index (χ4v) is 3.53. The monoisotopic (exact) mass is 426 g/mol. The second-order valence-corrected chi connectivity index (χ2v) is 8.12. The van der Waals surface area contributed by atoms with Gasteiger partial charge in [-0.15, -0.1) is 5.11 Å². The molecule has 31 heavy (non-hydrogen) atoms. The summed E-state index contributed by atoms with van der Waals surface area (Å²) >= 11 is 0. The first-order valence-electron chi connectivity index (χ1n) is 11.8. The number of carbonyl (C=O) groups excluding carboxylic acids is 1. The van der Waals surface area contributed by atoms with Gasteiger partial charge >= 0.3 is 5.97 Å². The van der Waals surface area contributed by atoms with Crippen molar-refractivity contribution in [2.75, 3.05) is 6.61 Å². The Morgan fingerprint density at radius 3 is 2.16 bits per heavy atom. The third-order valence-corrected chi connectivity index (χ3v) is 5.40. The molecule has 1 aromatic carbocycles. The van der Waals surface area contributed by atoms with Crippen molar-refractivity contribution < 1.29 is 9.53 Å². The van der Waals surface area contributed by atoms with Gasteiger partial charge in [0.15, 0.2) is 0 Å². The Morgan fingerprint density at radius 2 is 1.52 bits per heavy atom. The molecule has 0 bridgehead atoms. The van der Waals surface area contributed by atoms with Crippen LogP contribution in [0.5, 0.6) is 0 Å². The third kappa shape index (κ3) is 9.45.